The third kappa shape index (κ3) is 5.16. The van der Waals surface area contributed by atoms with Crippen molar-refractivity contribution in [2.24, 2.45) is 5.73 Å². The van der Waals surface area contributed by atoms with Gasteiger partial charge in [0.2, 0.25) is 11.8 Å². The predicted molar refractivity (Wildman–Crippen MR) is 73.6 cm³/mol. The lowest BCUT2D eigenvalue weighted by atomic mass is 10.2. The van der Waals surface area contributed by atoms with Gasteiger partial charge in [-0.1, -0.05) is 18.2 Å². The van der Waals surface area contributed by atoms with Gasteiger partial charge < -0.3 is 16.4 Å². The molecule has 0 aliphatic rings. The Morgan fingerprint density at radius 1 is 1.11 bits per heavy atom. The van der Waals surface area contributed by atoms with Crippen LogP contribution in [0.25, 0.3) is 0 Å². The highest BCUT2D eigenvalue weighted by atomic mass is 35.5. The summed E-state index contributed by atoms with van der Waals surface area (Å²) in [5, 5.41) is 5.21. The topological polar surface area (TPSA) is 84.2 Å². The molecule has 1 aromatic rings. The molecule has 1 unspecified atom stereocenters. The summed E-state index contributed by atoms with van der Waals surface area (Å²) in [7, 11) is 0. The monoisotopic (exact) mass is 271 g/mol. The van der Waals surface area contributed by atoms with E-state index in [9.17, 15) is 9.59 Å². The Hall–Kier alpha value is -1.59. The molecule has 1 rings (SSSR count). The van der Waals surface area contributed by atoms with Gasteiger partial charge in [0, 0.05) is 5.69 Å². The number of carbonyl (C=O) groups excluding carboxylic acids is 2. The molecular weight excluding hydrogens is 254 g/mol. The number of halogens is 1. The van der Waals surface area contributed by atoms with Gasteiger partial charge in [0.25, 0.3) is 0 Å². The number of amides is 2. The van der Waals surface area contributed by atoms with E-state index < -0.39 is 12.1 Å². The SMILES string of the molecule is CC(NC(=O)[C@H](C)N)C(=O)Nc1ccccc1.Cl. The van der Waals surface area contributed by atoms with E-state index in [1.165, 1.54) is 0 Å². The van der Waals surface area contributed by atoms with Crippen LogP contribution in [0.3, 0.4) is 0 Å². The molecule has 0 heterocycles. The lowest BCUT2D eigenvalue weighted by Gasteiger charge is -2.15. The lowest BCUT2D eigenvalue weighted by Crippen LogP contribution is -2.47. The lowest BCUT2D eigenvalue weighted by molar-refractivity contribution is -0.126. The number of hydrogen-bond acceptors (Lipinski definition) is 3. The first-order valence-corrected chi connectivity index (χ1v) is 5.42. The van der Waals surface area contributed by atoms with Crippen LogP contribution < -0.4 is 16.4 Å². The second-order valence-corrected chi connectivity index (χ2v) is 3.87. The van der Waals surface area contributed by atoms with Crippen LogP contribution in [-0.2, 0) is 9.59 Å². The normalized spacial score (nSPS) is 12.8. The maximum absolute atomic E-state index is 11.7. The molecule has 2 atom stereocenters. The van der Waals surface area contributed by atoms with Crippen LogP contribution in [0.2, 0.25) is 0 Å². The number of carbonyl (C=O) groups is 2. The highest BCUT2D eigenvalue weighted by Gasteiger charge is 2.17. The zero-order chi connectivity index (χ0) is 12.8. The largest absolute Gasteiger partial charge is 0.343 e. The number of anilines is 1. The number of para-hydroxylation sites is 1. The molecule has 1 aromatic carbocycles. The summed E-state index contributed by atoms with van der Waals surface area (Å²) in [6, 6.07) is 7.81. The Kier molecular flexibility index (Phi) is 7.00. The minimum Gasteiger partial charge on any atom is -0.343 e. The van der Waals surface area contributed by atoms with E-state index in [-0.39, 0.29) is 24.2 Å². The van der Waals surface area contributed by atoms with Crippen molar-refractivity contribution in [2.45, 2.75) is 25.9 Å². The third-order valence-corrected chi connectivity index (χ3v) is 2.21. The number of nitrogens with one attached hydrogen (secondary N) is 2. The van der Waals surface area contributed by atoms with E-state index in [0.717, 1.165) is 0 Å². The molecule has 6 heteroatoms. The van der Waals surface area contributed by atoms with Crippen molar-refractivity contribution in [1.29, 1.82) is 0 Å². The van der Waals surface area contributed by atoms with Crippen LogP contribution in [0, 0.1) is 0 Å². The molecule has 0 aliphatic carbocycles. The fourth-order valence-electron chi connectivity index (χ4n) is 1.18. The summed E-state index contributed by atoms with van der Waals surface area (Å²) >= 11 is 0. The molecule has 4 N–H and O–H groups in total. The predicted octanol–water partition coefficient (Wildman–Crippen LogP) is 0.899. The summed E-state index contributed by atoms with van der Waals surface area (Å²) in [4.78, 5) is 23.0. The molecule has 2 amide bonds. The summed E-state index contributed by atoms with van der Waals surface area (Å²) in [6.07, 6.45) is 0. The molecule has 0 radical (unpaired) electrons. The highest BCUT2D eigenvalue weighted by Crippen LogP contribution is 2.05. The van der Waals surface area contributed by atoms with Gasteiger partial charge in [-0.2, -0.15) is 0 Å². The van der Waals surface area contributed by atoms with Gasteiger partial charge in [-0.15, -0.1) is 12.4 Å². The van der Waals surface area contributed by atoms with Crippen LogP contribution in [0.15, 0.2) is 30.3 Å². The molecule has 0 fully saturated rings. The van der Waals surface area contributed by atoms with Gasteiger partial charge in [-0.25, -0.2) is 0 Å². The number of hydrogen-bond donors (Lipinski definition) is 3. The molecule has 100 valence electrons. The zero-order valence-corrected chi connectivity index (χ0v) is 11.2. The molecule has 0 bridgehead atoms. The summed E-state index contributed by atoms with van der Waals surface area (Å²) < 4.78 is 0. The Labute approximate surface area is 113 Å². The first-order chi connectivity index (χ1) is 8.00. The summed E-state index contributed by atoms with van der Waals surface area (Å²) in [5.41, 5.74) is 6.09. The molecule has 0 aromatic heterocycles. The van der Waals surface area contributed by atoms with Gasteiger partial charge in [0.15, 0.2) is 0 Å². The second kappa shape index (κ2) is 7.68. The number of rotatable bonds is 4. The Bertz CT molecular complexity index is 396. The highest BCUT2D eigenvalue weighted by molar-refractivity contribution is 5.97. The number of benzene rings is 1. The van der Waals surface area contributed by atoms with Gasteiger partial charge in [-0.05, 0) is 26.0 Å². The summed E-state index contributed by atoms with van der Waals surface area (Å²) in [6.45, 7) is 3.18. The van der Waals surface area contributed by atoms with Crippen molar-refractivity contribution in [3.8, 4) is 0 Å². The van der Waals surface area contributed by atoms with Crippen LogP contribution in [0.5, 0.6) is 0 Å². The molecule has 0 saturated heterocycles. The van der Waals surface area contributed by atoms with E-state index in [1.807, 2.05) is 18.2 Å². The molecule has 5 nitrogen and oxygen atoms in total. The molecular formula is C12H18ClN3O2. The maximum atomic E-state index is 11.7. The van der Waals surface area contributed by atoms with Crippen molar-refractivity contribution in [3.05, 3.63) is 30.3 Å². The average Bonchev–Trinajstić information content (AvgIpc) is 2.29. The minimum absolute atomic E-state index is 0. The van der Waals surface area contributed by atoms with Crippen molar-refractivity contribution in [2.75, 3.05) is 5.32 Å². The van der Waals surface area contributed by atoms with Gasteiger partial charge in [0.1, 0.15) is 6.04 Å². The van der Waals surface area contributed by atoms with Crippen molar-refractivity contribution >= 4 is 29.9 Å². The van der Waals surface area contributed by atoms with E-state index in [0.29, 0.717) is 5.69 Å². The van der Waals surface area contributed by atoms with E-state index in [1.54, 1.807) is 26.0 Å². The third-order valence-electron chi connectivity index (χ3n) is 2.21. The van der Waals surface area contributed by atoms with Crippen LogP contribution in [0.4, 0.5) is 5.69 Å². The Morgan fingerprint density at radius 2 is 1.67 bits per heavy atom. The second-order valence-electron chi connectivity index (χ2n) is 3.87. The van der Waals surface area contributed by atoms with Crippen molar-refractivity contribution in [3.63, 3.8) is 0 Å². The van der Waals surface area contributed by atoms with Crippen LogP contribution in [-0.4, -0.2) is 23.9 Å². The zero-order valence-electron chi connectivity index (χ0n) is 10.3. The smallest absolute Gasteiger partial charge is 0.246 e. The van der Waals surface area contributed by atoms with Crippen molar-refractivity contribution in [1.82, 2.24) is 5.32 Å². The van der Waals surface area contributed by atoms with E-state index in [2.05, 4.69) is 10.6 Å². The molecule has 0 aliphatic heterocycles. The van der Waals surface area contributed by atoms with Gasteiger partial charge >= 0.3 is 0 Å². The molecule has 18 heavy (non-hydrogen) atoms. The van der Waals surface area contributed by atoms with Crippen molar-refractivity contribution < 1.29 is 9.59 Å². The van der Waals surface area contributed by atoms with Gasteiger partial charge in [-0.3, -0.25) is 9.59 Å². The molecule has 0 saturated carbocycles. The summed E-state index contributed by atoms with van der Waals surface area (Å²) in [5.74, 6) is -0.620. The fourth-order valence-corrected chi connectivity index (χ4v) is 1.18. The first-order valence-electron chi connectivity index (χ1n) is 5.42. The first kappa shape index (κ1) is 16.4. The minimum atomic E-state index is -0.623. The Morgan fingerprint density at radius 3 is 2.17 bits per heavy atom. The van der Waals surface area contributed by atoms with E-state index in [4.69, 9.17) is 5.73 Å². The average molecular weight is 272 g/mol. The standard InChI is InChI=1S/C12H17N3O2.ClH/c1-8(13)11(16)14-9(2)12(17)15-10-6-4-3-5-7-10;/h3-9H,13H2,1-2H3,(H,14,16)(H,15,17);1H/t8-,9?;/m0./s1. The van der Waals surface area contributed by atoms with E-state index >= 15 is 0 Å². The van der Waals surface area contributed by atoms with Gasteiger partial charge in [0.05, 0.1) is 6.04 Å². The fraction of sp³-hybridized carbons (Fsp3) is 0.333. The van der Waals surface area contributed by atoms with Crippen LogP contribution >= 0.6 is 12.4 Å². The Balaban J connectivity index is 0.00000289. The van der Waals surface area contributed by atoms with Crippen LogP contribution in [0.1, 0.15) is 13.8 Å². The number of nitrogens with two attached hydrogens (primary N) is 1. The maximum Gasteiger partial charge on any atom is 0.246 e. The molecule has 0 spiro atoms. The quantitative estimate of drug-likeness (QED) is 0.761.